The summed E-state index contributed by atoms with van der Waals surface area (Å²) >= 11 is 0. The monoisotopic (exact) mass is 329 g/mol. The van der Waals surface area contributed by atoms with E-state index >= 15 is 0 Å². The fourth-order valence-corrected chi connectivity index (χ4v) is 3.14. The fraction of sp³-hybridized carbons (Fsp3) is 0.353. The lowest BCUT2D eigenvalue weighted by atomic mass is 9.97. The average Bonchev–Trinajstić information content (AvgIpc) is 3.21. The van der Waals surface area contributed by atoms with E-state index < -0.39 is 5.97 Å². The summed E-state index contributed by atoms with van der Waals surface area (Å²) in [6, 6.07) is 9.14. The molecule has 7 heteroatoms. The molecule has 0 radical (unpaired) electrons. The van der Waals surface area contributed by atoms with E-state index in [1.807, 2.05) is 24.3 Å². The molecule has 24 heavy (non-hydrogen) atoms. The number of benzene rings is 1. The highest BCUT2D eigenvalue weighted by Gasteiger charge is 2.31. The Hall–Kier alpha value is -2.83. The zero-order valence-corrected chi connectivity index (χ0v) is 13.6. The Bertz CT molecular complexity index is 784. The number of carboxylic acid groups (broad SMARTS) is 1. The van der Waals surface area contributed by atoms with Crippen molar-refractivity contribution in [1.29, 1.82) is 0 Å². The highest BCUT2D eigenvalue weighted by Crippen LogP contribution is 2.33. The summed E-state index contributed by atoms with van der Waals surface area (Å²) in [7, 11) is 3.22. The highest BCUT2D eigenvalue weighted by atomic mass is 16.5. The second-order valence-corrected chi connectivity index (χ2v) is 5.82. The average molecular weight is 329 g/mol. The van der Waals surface area contributed by atoms with Crippen LogP contribution in [-0.4, -0.2) is 51.9 Å². The first-order valence-corrected chi connectivity index (χ1v) is 7.70. The minimum absolute atomic E-state index is 0.124. The molecule has 0 bridgehead atoms. The van der Waals surface area contributed by atoms with Gasteiger partial charge in [-0.2, -0.15) is 5.10 Å². The van der Waals surface area contributed by atoms with E-state index in [0.717, 1.165) is 17.7 Å². The van der Waals surface area contributed by atoms with Crippen molar-refractivity contribution in [3.63, 3.8) is 0 Å². The third-order valence-electron chi connectivity index (χ3n) is 4.37. The molecule has 1 aliphatic rings. The molecule has 126 valence electrons. The van der Waals surface area contributed by atoms with Crippen LogP contribution in [0.1, 0.15) is 38.9 Å². The number of para-hydroxylation sites is 1. The van der Waals surface area contributed by atoms with E-state index in [1.54, 1.807) is 19.1 Å². The van der Waals surface area contributed by atoms with Gasteiger partial charge in [0.25, 0.3) is 5.91 Å². The summed E-state index contributed by atoms with van der Waals surface area (Å²) in [5, 5.41) is 12.9. The summed E-state index contributed by atoms with van der Waals surface area (Å²) in [5.41, 5.74) is 1.25. The number of likely N-dealkylation sites (tertiary alicyclic amines) is 1. The Balaban J connectivity index is 1.78. The Morgan fingerprint density at radius 1 is 1.33 bits per heavy atom. The molecular formula is C17H19N3O4. The topological polar surface area (TPSA) is 84.7 Å². The maximum absolute atomic E-state index is 12.7. The first-order valence-electron chi connectivity index (χ1n) is 7.70. The Labute approximate surface area is 139 Å². The summed E-state index contributed by atoms with van der Waals surface area (Å²) in [5.74, 6) is -0.310. The predicted octanol–water partition coefficient (Wildman–Crippen LogP) is 1.76. The number of hydrogen-bond acceptors (Lipinski definition) is 4. The zero-order chi connectivity index (χ0) is 17.3. The third kappa shape index (κ3) is 2.84. The maximum Gasteiger partial charge on any atom is 0.356 e. The summed E-state index contributed by atoms with van der Waals surface area (Å²) in [6.45, 7) is 1.20. The number of rotatable bonds is 4. The lowest BCUT2D eigenvalue weighted by Gasteiger charge is -2.17. The van der Waals surface area contributed by atoms with Crippen LogP contribution in [0.4, 0.5) is 0 Å². The third-order valence-corrected chi connectivity index (χ3v) is 4.37. The minimum Gasteiger partial charge on any atom is -0.496 e. The van der Waals surface area contributed by atoms with Gasteiger partial charge in [0.2, 0.25) is 0 Å². The van der Waals surface area contributed by atoms with Crippen molar-refractivity contribution in [1.82, 2.24) is 14.7 Å². The van der Waals surface area contributed by atoms with Crippen LogP contribution in [0.3, 0.4) is 0 Å². The first kappa shape index (κ1) is 16.0. The molecule has 1 amide bonds. The molecule has 2 aromatic rings. The Morgan fingerprint density at radius 2 is 2.08 bits per heavy atom. The maximum atomic E-state index is 12.7. The largest absolute Gasteiger partial charge is 0.496 e. The number of methoxy groups -OCH3 is 1. The molecule has 1 fully saturated rings. The second-order valence-electron chi connectivity index (χ2n) is 5.82. The van der Waals surface area contributed by atoms with Crippen molar-refractivity contribution < 1.29 is 19.4 Å². The molecule has 1 aliphatic heterocycles. The van der Waals surface area contributed by atoms with Gasteiger partial charge in [-0.05, 0) is 18.1 Å². The van der Waals surface area contributed by atoms with Gasteiger partial charge in [-0.1, -0.05) is 18.2 Å². The van der Waals surface area contributed by atoms with Crippen LogP contribution < -0.4 is 4.74 Å². The van der Waals surface area contributed by atoms with E-state index in [1.165, 1.54) is 10.7 Å². The van der Waals surface area contributed by atoms with Crippen LogP contribution >= 0.6 is 0 Å². The van der Waals surface area contributed by atoms with Crippen molar-refractivity contribution in [2.24, 2.45) is 7.05 Å². The van der Waals surface area contributed by atoms with Gasteiger partial charge in [-0.3, -0.25) is 9.48 Å². The number of aromatic carboxylic acids is 1. The van der Waals surface area contributed by atoms with Crippen molar-refractivity contribution in [2.45, 2.75) is 12.3 Å². The van der Waals surface area contributed by atoms with Gasteiger partial charge in [0.1, 0.15) is 11.4 Å². The van der Waals surface area contributed by atoms with Crippen molar-refractivity contribution in [2.75, 3.05) is 20.2 Å². The number of nitrogens with zero attached hydrogens (tertiary/aromatic N) is 3. The number of aromatic nitrogens is 2. The van der Waals surface area contributed by atoms with E-state index in [4.69, 9.17) is 9.84 Å². The smallest absolute Gasteiger partial charge is 0.356 e. The van der Waals surface area contributed by atoms with Crippen LogP contribution in [0.25, 0.3) is 0 Å². The molecular weight excluding hydrogens is 310 g/mol. The minimum atomic E-state index is -1.14. The Morgan fingerprint density at radius 3 is 2.75 bits per heavy atom. The number of hydrogen-bond donors (Lipinski definition) is 1. The molecule has 1 saturated heterocycles. The molecule has 2 heterocycles. The molecule has 0 spiro atoms. The molecule has 1 aromatic heterocycles. The molecule has 1 atom stereocenters. The van der Waals surface area contributed by atoms with Gasteiger partial charge < -0.3 is 14.7 Å². The van der Waals surface area contributed by atoms with Crippen LogP contribution in [0.2, 0.25) is 0 Å². The normalized spacial score (nSPS) is 17.1. The molecule has 1 N–H and O–H groups in total. The van der Waals surface area contributed by atoms with Gasteiger partial charge in [0, 0.05) is 32.1 Å². The zero-order valence-electron chi connectivity index (χ0n) is 13.6. The highest BCUT2D eigenvalue weighted by molar-refractivity contribution is 5.95. The van der Waals surface area contributed by atoms with Crippen LogP contribution in [0.15, 0.2) is 30.3 Å². The molecule has 7 nitrogen and oxygen atoms in total. The fourth-order valence-electron chi connectivity index (χ4n) is 3.14. The quantitative estimate of drug-likeness (QED) is 0.924. The van der Waals surface area contributed by atoms with E-state index in [0.29, 0.717) is 13.1 Å². The molecule has 0 aliphatic carbocycles. The molecule has 0 saturated carbocycles. The van der Waals surface area contributed by atoms with Crippen molar-refractivity contribution in [3.8, 4) is 5.75 Å². The van der Waals surface area contributed by atoms with Crippen molar-refractivity contribution in [3.05, 3.63) is 47.3 Å². The number of carboxylic acids is 1. The first-order chi connectivity index (χ1) is 11.5. The van der Waals surface area contributed by atoms with Crippen molar-refractivity contribution >= 4 is 11.9 Å². The molecule has 3 rings (SSSR count). The Kier molecular flexibility index (Phi) is 4.24. The van der Waals surface area contributed by atoms with E-state index in [9.17, 15) is 9.59 Å². The lowest BCUT2D eigenvalue weighted by molar-refractivity contribution is 0.0689. The van der Waals surface area contributed by atoms with Gasteiger partial charge in [-0.25, -0.2) is 4.79 Å². The number of ether oxygens (including phenoxy) is 1. The lowest BCUT2D eigenvalue weighted by Crippen LogP contribution is -2.30. The van der Waals surface area contributed by atoms with E-state index in [-0.39, 0.29) is 23.2 Å². The van der Waals surface area contributed by atoms with E-state index in [2.05, 4.69) is 5.10 Å². The SMILES string of the molecule is COc1ccccc1C1CCN(C(=O)c2cc(C(=O)O)nn2C)C1. The summed E-state index contributed by atoms with van der Waals surface area (Å²) < 4.78 is 6.73. The molecule has 1 unspecified atom stereocenters. The van der Waals surface area contributed by atoms with Crippen LogP contribution in [0.5, 0.6) is 5.75 Å². The van der Waals surface area contributed by atoms with Gasteiger partial charge in [-0.15, -0.1) is 0 Å². The standard InChI is InChI=1S/C17H19N3O4/c1-19-14(9-13(18-19)17(22)23)16(21)20-8-7-11(10-20)12-5-3-4-6-15(12)24-2/h3-6,9,11H,7-8,10H2,1-2H3,(H,22,23). The number of carbonyl (C=O) groups excluding carboxylic acids is 1. The molecule has 1 aromatic carbocycles. The van der Waals surface area contributed by atoms with Crippen LogP contribution in [0, 0.1) is 0 Å². The van der Waals surface area contributed by atoms with Crippen LogP contribution in [-0.2, 0) is 7.05 Å². The predicted molar refractivity (Wildman–Crippen MR) is 86.4 cm³/mol. The van der Waals surface area contributed by atoms with Gasteiger partial charge in [0.05, 0.1) is 7.11 Å². The number of carbonyl (C=O) groups is 2. The number of amides is 1. The second kappa shape index (κ2) is 6.35. The summed E-state index contributed by atoms with van der Waals surface area (Å²) in [4.78, 5) is 25.4. The van der Waals surface area contributed by atoms with Gasteiger partial charge in [0.15, 0.2) is 5.69 Å². The summed E-state index contributed by atoms with van der Waals surface area (Å²) in [6.07, 6.45) is 0.843. The van der Waals surface area contributed by atoms with Gasteiger partial charge >= 0.3 is 5.97 Å². The number of aryl methyl sites for hydroxylation is 1.